The van der Waals surface area contributed by atoms with Gasteiger partial charge >= 0.3 is 0 Å². The molecule has 2 nitrogen and oxygen atoms in total. The van der Waals surface area contributed by atoms with Crippen LogP contribution in [0.1, 0.15) is 9.67 Å². The maximum absolute atomic E-state index is 12.9. The third-order valence-corrected chi connectivity index (χ3v) is 5.62. The van der Waals surface area contributed by atoms with E-state index in [0.717, 1.165) is 14.3 Å². The largest absolute Gasteiger partial charge is 0.320 e. The van der Waals surface area contributed by atoms with Crippen molar-refractivity contribution in [2.24, 2.45) is 0 Å². The number of amides is 1. The molecule has 1 aromatic carbocycles. The van der Waals surface area contributed by atoms with Gasteiger partial charge in [-0.05, 0) is 56.1 Å². The van der Waals surface area contributed by atoms with Gasteiger partial charge in [-0.25, -0.2) is 4.39 Å². The van der Waals surface area contributed by atoms with Gasteiger partial charge in [0.2, 0.25) is 0 Å². The number of carbonyl (C=O) groups excluding carboxylic acids is 1. The summed E-state index contributed by atoms with van der Waals surface area (Å²) in [5.74, 6) is -0.737. The Bertz CT molecular complexity index is 598. The van der Waals surface area contributed by atoms with Crippen molar-refractivity contribution in [1.82, 2.24) is 0 Å². The molecule has 0 radical (unpaired) electrons. The molecule has 0 spiro atoms. The van der Waals surface area contributed by atoms with E-state index in [0.29, 0.717) is 10.6 Å². The van der Waals surface area contributed by atoms with Crippen molar-refractivity contribution < 1.29 is 9.18 Å². The lowest BCUT2D eigenvalue weighted by Gasteiger charge is -2.05. The number of nitrogens with one attached hydrogen (secondary N) is 1. The van der Waals surface area contributed by atoms with Crippen LogP contribution < -0.4 is 5.32 Å². The number of hydrogen-bond donors (Lipinski definition) is 1. The molecule has 1 aromatic heterocycles. The lowest BCUT2D eigenvalue weighted by molar-refractivity contribution is 0.103. The van der Waals surface area contributed by atoms with Crippen LogP contribution in [0.4, 0.5) is 10.1 Å². The zero-order valence-corrected chi connectivity index (χ0v) is 13.4. The standard InChI is InChI=1S/C11H5Br2ClFNOS/c12-6-4-9(18-10(6)13)11(17)16-8-2-1-5(15)3-7(8)14/h1-4H,(H,16,17). The number of halogens is 4. The maximum Gasteiger partial charge on any atom is 0.265 e. The highest BCUT2D eigenvalue weighted by atomic mass is 79.9. The molecular weight excluding hydrogens is 408 g/mol. The molecular formula is C11H5Br2ClFNOS. The lowest BCUT2D eigenvalue weighted by atomic mass is 10.3. The molecule has 0 aliphatic carbocycles. The Labute approximate surface area is 128 Å². The maximum atomic E-state index is 12.9. The number of rotatable bonds is 2. The topological polar surface area (TPSA) is 29.1 Å². The molecule has 0 saturated carbocycles. The van der Waals surface area contributed by atoms with Crippen molar-refractivity contribution in [2.45, 2.75) is 0 Å². The van der Waals surface area contributed by atoms with Gasteiger partial charge in [0.05, 0.1) is 19.4 Å². The minimum Gasteiger partial charge on any atom is -0.320 e. The van der Waals surface area contributed by atoms with E-state index in [-0.39, 0.29) is 10.9 Å². The SMILES string of the molecule is O=C(Nc1ccc(F)cc1Cl)c1cc(Br)c(Br)s1. The second-order valence-electron chi connectivity index (χ2n) is 3.31. The molecule has 0 aliphatic heterocycles. The van der Waals surface area contributed by atoms with E-state index < -0.39 is 5.82 Å². The average molecular weight is 413 g/mol. The van der Waals surface area contributed by atoms with Crippen LogP contribution in [0.25, 0.3) is 0 Å². The Morgan fingerprint density at radius 2 is 2.06 bits per heavy atom. The first kappa shape index (κ1) is 14.0. The summed E-state index contributed by atoms with van der Waals surface area (Å²) in [6.45, 7) is 0. The summed E-state index contributed by atoms with van der Waals surface area (Å²) in [7, 11) is 0. The van der Waals surface area contributed by atoms with Gasteiger partial charge in [0.25, 0.3) is 5.91 Å². The van der Waals surface area contributed by atoms with Crippen LogP contribution in [0.2, 0.25) is 5.02 Å². The Balaban J connectivity index is 2.21. The molecule has 18 heavy (non-hydrogen) atoms. The summed E-state index contributed by atoms with van der Waals surface area (Å²) in [4.78, 5) is 12.4. The predicted octanol–water partition coefficient (Wildman–Crippen LogP) is 5.32. The molecule has 0 fully saturated rings. The molecule has 0 saturated heterocycles. The van der Waals surface area contributed by atoms with Gasteiger partial charge in [-0.2, -0.15) is 0 Å². The Morgan fingerprint density at radius 3 is 2.61 bits per heavy atom. The van der Waals surface area contributed by atoms with Crippen molar-refractivity contribution in [3.8, 4) is 0 Å². The molecule has 0 bridgehead atoms. The first-order chi connectivity index (χ1) is 8.47. The second-order valence-corrected chi connectivity index (χ2v) is 6.94. The van der Waals surface area contributed by atoms with E-state index in [1.54, 1.807) is 6.07 Å². The van der Waals surface area contributed by atoms with E-state index in [1.165, 1.54) is 23.5 Å². The van der Waals surface area contributed by atoms with Crippen LogP contribution in [-0.4, -0.2) is 5.91 Å². The smallest absolute Gasteiger partial charge is 0.265 e. The molecule has 0 aliphatic rings. The summed E-state index contributed by atoms with van der Waals surface area (Å²) in [6.07, 6.45) is 0. The van der Waals surface area contributed by atoms with Crippen LogP contribution in [-0.2, 0) is 0 Å². The van der Waals surface area contributed by atoms with Crippen LogP contribution in [0.3, 0.4) is 0 Å². The van der Waals surface area contributed by atoms with E-state index >= 15 is 0 Å². The van der Waals surface area contributed by atoms with Gasteiger partial charge in [-0.15, -0.1) is 11.3 Å². The molecule has 0 atom stereocenters. The van der Waals surface area contributed by atoms with E-state index in [9.17, 15) is 9.18 Å². The van der Waals surface area contributed by atoms with Gasteiger partial charge in [0.15, 0.2) is 0 Å². The van der Waals surface area contributed by atoms with Crippen LogP contribution in [0.15, 0.2) is 32.5 Å². The van der Waals surface area contributed by atoms with E-state index in [2.05, 4.69) is 37.2 Å². The number of benzene rings is 1. The van der Waals surface area contributed by atoms with Crippen molar-refractivity contribution in [1.29, 1.82) is 0 Å². The molecule has 1 amide bonds. The van der Waals surface area contributed by atoms with E-state index in [1.807, 2.05) is 0 Å². The zero-order chi connectivity index (χ0) is 13.3. The third kappa shape index (κ3) is 3.12. The molecule has 1 heterocycles. The number of thiophene rings is 1. The molecule has 2 rings (SSSR count). The quantitative estimate of drug-likeness (QED) is 0.710. The summed E-state index contributed by atoms with van der Waals surface area (Å²) >= 11 is 13.7. The van der Waals surface area contributed by atoms with Crippen molar-refractivity contribution in [2.75, 3.05) is 5.32 Å². The molecule has 0 unspecified atom stereocenters. The van der Waals surface area contributed by atoms with Crippen LogP contribution >= 0.6 is 54.8 Å². The Morgan fingerprint density at radius 1 is 1.33 bits per heavy atom. The third-order valence-electron chi connectivity index (χ3n) is 2.05. The van der Waals surface area contributed by atoms with Gasteiger partial charge < -0.3 is 5.32 Å². The zero-order valence-electron chi connectivity index (χ0n) is 8.64. The van der Waals surface area contributed by atoms with Crippen molar-refractivity contribution >= 4 is 66.4 Å². The number of carbonyl (C=O) groups is 1. The Kier molecular flexibility index (Phi) is 4.42. The normalized spacial score (nSPS) is 10.4. The summed E-state index contributed by atoms with van der Waals surface area (Å²) < 4.78 is 14.5. The van der Waals surface area contributed by atoms with E-state index in [4.69, 9.17) is 11.6 Å². The summed E-state index contributed by atoms with van der Waals surface area (Å²) in [5, 5.41) is 2.79. The second kappa shape index (κ2) is 5.69. The minimum atomic E-state index is -0.445. The monoisotopic (exact) mass is 411 g/mol. The fraction of sp³-hybridized carbons (Fsp3) is 0. The van der Waals surface area contributed by atoms with Gasteiger partial charge in [-0.3, -0.25) is 4.79 Å². The highest BCUT2D eigenvalue weighted by Gasteiger charge is 2.13. The first-order valence-corrected chi connectivity index (χ1v) is 7.46. The highest BCUT2D eigenvalue weighted by Crippen LogP contribution is 2.33. The van der Waals surface area contributed by atoms with Crippen LogP contribution in [0, 0.1) is 5.82 Å². The minimum absolute atomic E-state index is 0.165. The molecule has 2 aromatic rings. The highest BCUT2D eigenvalue weighted by molar-refractivity contribution is 9.13. The summed E-state index contributed by atoms with van der Waals surface area (Å²) in [6, 6.07) is 5.51. The predicted molar refractivity (Wildman–Crippen MR) is 79.1 cm³/mol. The average Bonchev–Trinajstić information content (AvgIpc) is 2.63. The molecule has 1 N–H and O–H groups in total. The summed E-state index contributed by atoms with van der Waals surface area (Å²) in [5.41, 5.74) is 0.378. The van der Waals surface area contributed by atoms with Gasteiger partial charge in [0.1, 0.15) is 5.82 Å². The molecule has 7 heteroatoms. The Hall–Kier alpha value is -0.430. The van der Waals surface area contributed by atoms with Crippen molar-refractivity contribution in [3.63, 3.8) is 0 Å². The van der Waals surface area contributed by atoms with Crippen LogP contribution in [0.5, 0.6) is 0 Å². The fourth-order valence-electron chi connectivity index (χ4n) is 1.23. The fourth-order valence-corrected chi connectivity index (χ4v) is 3.38. The first-order valence-electron chi connectivity index (χ1n) is 4.68. The van der Waals surface area contributed by atoms with Gasteiger partial charge in [-0.1, -0.05) is 11.6 Å². The van der Waals surface area contributed by atoms with Gasteiger partial charge in [0, 0.05) is 4.47 Å². The van der Waals surface area contributed by atoms with Crippen molar-refractivity contribution in [3.05, 3.63) is 48.2 Å². The molecule has 94 valence electrons. The number of anilines is 1. The lowest BCUT2D eigenvalue weighted by Crippen LogP contribution is -2.10. The number of hydrogen-bond acceptors (Lipinski definition) is 2.